The van der Waals surface area contributed by atoms with Crippen molar-refractivity contribution in [1.29, 1.82) is 0 Å². The average molecular weight is 378 g/mol. The second-order valence-corrected chi connectivity index (χ2v) is 6.94. The highest BCUT2D eigenvalue weighted by molar-refractivity contribution is 9.10. The van der Waals surface area contributed by atoms with Gasteiger partial charge in [0.2, 0.25) is 11.8 Å². The molecule has 3 rings (SSSR count). The first-order valence-corrected chi connectivity index (χ1v) is 8.65. The lowest BCUT2D eigenvalue weighted by Crippen LogP contribution is -2.41. The number of hydrogen-bond acceptors (Lipinski definition) is 2. The molecule has 1 aliphatic rings. The van der Waals surface area contributed by atoms with Crippen molar-refractivity contribution in [2.75, 3.05) is 13.1 Å². The minimum atomic E-state index is -0.248. The van der Waals surface area contributed by atoms with E-state index in [1.54, 1.807) is 0 Å². The monoisotopic (exact) mass is 377 g/mol. The molecule has 0 spiro atoms. The van der Waals surface area contributed by atoms with Crippen LogP contribution in [-0.4, -0.2) is 34.4 Å². The van der Waals surface area contributed by atoms with Crippen LogP contribution in [0.3, 0.4) is 0 Å². The summed E-state index contributed by atoms with van der Waals surface area (Å²) in [5.74, 6) is -0.181. The highest BCUT2D eigenvalue weighted by Crippen LogP contribution is 2.22. The van der Waals surface area contributed by atoms with Crippen LogP contribution in [0.5, 0.6) is 0 Å². The predicted octanol–water partition coefficient (Wildman–Crippen LogP) is 2.52. The number of likely N-dealkylation sites (tertiary alicyclic amines) is 1. The van der Waals surface area contributed by atoms with Crippen LogP contribution in [0.2, 0.25) is 0 Å². The van der Waals surface area contributed by atoms with E-state index in [0.717, 1.165) is 15.4 Å². The second-order valence-electron chi connectivity index (χ2n) is 6.02. The number of amides is 2. The van der Waals surface area contributed by atoms with Crippen LogP contribution in [0, 0.1) is 5.92 Å². The van der Waals surface area contributed by atoms with Crippen LogP contribution in [0.15, 0.2) is 34.9 Å². The van der Waals surface area contributed by atoms with E-state index in [1.165, 1.54) is 0 Å². The summed E-state index contributed by atoms with van der Waals surface area (Å²) in [5.41, 5.74) is 6.46. The van der Waals surface area contributed by atoms with Gasteiger partial charge in [-0.2, -0.15) is 0 Å². The maximum atomic E-state index is 12.3. The number of fused-ring (bicyclic) bond motifs is 1. The lowest BCUT2D eigenvalue weighted by molar-refractivity contribution is -0.135. The van der Waals surface area contributed by atoms with Gasteiger partial charge in [0.15, 0.2) is 0 Å². The number of nitrogens with two attached hydrogens (primary N) is 1. The fraction of sp³-hybridized carbons (Fsp3) is 0.412. The number of hydrogen-bond donors (Lipinski definition) is 1. The van der Waals surface area contributed by atoms with Crippen LogP contribution in [0.25, 0.3) is 10.9 Å². The van der Waals surface area contributed by atoms with Gasteiger partial charge >= 0.3 is 0 Å². The SMILES string of the molecule is NC(=O)C1CCN(C(=O)CCn2ccc3cc(Br)ccc32)CC1. The summed E-state index contributed by atoms with van der Waals surface area (Å²) in [5, 5.41) is 1.16. The van der Waals surface area contributed by atoms with E-state index >= 15 is 0 Å². The standard InChI is InChI=1S/C17H20BrN3O2/c18-14-1-2-15-13(11-14)5-7-20(15)10-6-16(22)21-8-3-12(4-9-21)17(19)23/h1-2,5,7,11-12H,3-4,6,8-10H2,(H2,19,23). The molecule has 0 atom stereocenters. The number of rotatable bonds is 4. The Morgan fingerprint density at radius 3 is 2.65 bits per heavy atom. The molecule has 2 N–H and O–H groups in total. The Bertz CT molecular complexity index is 733. The van der Waals surface area contributed by atoms with Gasteiger partial charge in [-0.3, -0.25) is 9.59 Å². The van der Waals surface area contributed by atoms with Crippen LogP contribution in [-0.2, 0) is 16.1 Å². The minimum Gasteiger partial charge on any atom is -0.369 e. The van der Waals surface area contributed by atoms with Crippen LogP contribution in [0.4, 0.5) is 0 Å². The fourth-order valence-electron chi connectivity index (χ4n) is 3.15. The third kappa shape index (κ3) is 3.58. The van der Waals surface area contributed by atoms with Crippen molar-refractivity contribution in [3.8, 4) is 0 Å². The molecule has 0 saturated carbocycles. The molecule has 0 unspecified atom stereocenters. The first kappa shape index (κ1) is 16.1. The highest BCUT2D eigenvalue weighted by Gasteiger charge is 2.25. The number of primary amides is 1. The molecule has 1 aliphatic heterocycles. The number of carbonyl (C=O) groups excluding carboxylic acids is 2. The molecule has 2 heterocycles. The number of aryl methyl sites for hydroxylation is 1. The van der Waals surface area contributed by atoms with Gasteiger partial charge in [-0.25, -0.2) is 0 Å². The van der Waals surface area contributed by atoms with E-state index in [1.807, 2.05) is 17.2 Å². The number of aromatic nitrogens is 1. The number of nitrogens with zero attached hydrogens (tertiary/aromatic N) is 2. The van der Waals surface area contributed by atoms with Gasteiger partial charge in [0.05, 0.1) is 0 Å². The first-order valence-electron chi connectivity index (χ1n) is 7.86. The Labute approximate surface area is 143 Å². The van der Waals surface area contributed by atoms with Crippen molar-refractivity contribution in [3.05, 3.63) is 34.9 Å². The summed E-state index contributed by atoms with van der Waals surface area (Å²) in [6, 6.07) is 8.20. The number of benzene rings is 1. The second kappa shape index (κ2) is 6.74. The molecule has 23 heavy (non-hydrogen) atoms. The lowest BCUT2D eigenvalue weighted by atomic mass is 9.96. The fourth-order valence-corrected chi connectivity index (χ4v) is 3.53. The summed E-state index contributed by atoms with van der Waals surface area (Å²) in [6.07, 6.45) is 3.86. The molecular weight excluding hydrogens is 358 g/mol. The number of carbonyl (C=O) groups is 2. The molecule has 122 valence electrons. The van der Waals surface area contributed by atoms with Crippen molar-refractivity contribution in [3.63, 3.8) is 0 Å². The van der Waals surface area contributed by atoms with Gasteiger partial charge in [0, 0.05) is 53.5 Å². The van der Waals surface area contributed by atoms with Crippen LogP contribution in [0.1, 0.15) is 19.3 Å². The molecule has 1 aromatic carbocycles. The van der Waals surface area contributed by atoms with Gasteiger partial charge in [0.1, 0.15) is 0 Å². The zero-order valence-corrected chi connectivity index (χ0v) is 14.5. The molecular formula is C17H20BrN3O2. The van der Waals surface area contributed by atoms with Crippen molar-refractivity contribution in [2.24, 2.45) is 11.7 Å². The molecule has 0 bridgehead atoms. The Morgan fingerprint density at radius 2 is 1.96 bits per heavy atom. The minimum absolute atomic E-state index is 0.0779. The summed E-state index contributed by atoms with van der Waals surface area (Å²) in [4.78, 5) is 25.4. The summed E-state index contributed by atoms with van der Waals surface area (Å²) in [7, 11) is 0. The smallest absolute Gasteiger partial charge is 0.224 e. The maximum Gasteiger partial charge on any atom is 0.224 e. The Kier molecular flexibility index (Phi) is 4.71. The number of piperidine rings is 1. The van der Waals surface area contributed by atoms with E-state index in [4.69, 9.17) is 5.73 Å². The van der Waals surface area contributed by atoms with Crippen LogP contribution < -0.4 is 5.73 Å². The van der Waals surface area contributed by atoms with Crippen molar-refractivity contribution in [2.45, 2.75) is 25.8 Å². The first-order chi connectivity index (χ1) is 11.0. The lowest BCUT2D eigenvalue weighted by Gasteiger charge is -2.30. The quantitative estimate of drug-likeness (QED) is 0.889. The van der Waals surface area contributed by atoms with E-state index in [9.17, 15) is 9.59 Å². The van der Waals surface area contributed by atoms with E-state index < -0.39 is 0 Å². The largest absolute Gasteiger partial charge is 0.369 e. The molecule has 0 aliphatic carbocycles. The highest BCUT2D eigenvalue weighted by atomic mass is 79.9. The summed E-state index contributed by atoms with van der Waals surface area (Å²) in [6.45, 7) is 1.93. The van der Waals surface area contributed by atoms with E-state index in [0.29, 0.717) is 38.9 Å². The zero-order chi connectivity index (χ0) is 16.4. The molecule has 2 aromatic rings. The molecule has 1 aromatic heterocycles. The molecule has 2 amide bonds. The van der Waals surface area contributed by atoms with Gasteiger partial charge in [-0.1, -0.05) is 15.9 Å². The van der Waals surface area contributed by atoms with Gasteiger partial charge in [-0.15, -0.1) is 0 Å². The third-order valence-corrected chi connectivity index (χ3v) is 5.04. The third-order valence-electron chi connectivity index (χ3n) is 4.55. The number of halogens is 1. The Balaban J connectivity index is 1.57. The Morgan fingerprint density at radius 1 is 1.22 bits per heavy atom. The van der Waals surface area contributed by atoms with E-state index in [-0.39, 0.29) is 17.7 Å². The molecule has 5 nitrogen and oxygen atoms in total. The van der Waals surface area contributed by atoms with Crippen molar-refractivity contribution in [1.82, 2.24) is 9.47 Å². The van der Waals surface area contributed by atoms with Crippen LogP contribution >= 0.6 is 15.9 Å². The molecule has 6 heteroatoms. The molecule has 1 saturated heterocycles. The summed E-state index contributed by atoms with van der Waals surface area (Å²) < 4.78 is 3.16. The van der Waals surface area contributed by atoms with Gasteiger partial charge < -0.3 is 15.2 Å². The van der Waals surface area contributed by atoms with Gasteiger partial charge in [-0.05, 0) is 37.1 Å². The average Bonchev–Trinajstić information content (AvgIpc) is 2.94. The normalized spacial score (nSPS) is 16.0. The Hall–Kier alpha value is -1.82. The summed E-state index contributed by atoms with van der Waals surface area (Å²) >= 11 is 3.47. The van der Waals surface area contributed by atoms with Crippen molar-refractivity contribution < 1.29 is 9.59 Å². The molecule has 0 radical (unpaired) electrons. The zero-order valence-electron chi connectivity index (χ0n) is 12.9. The van der Waals surface area contributed by atoms with Gasteiger partial charge in [0.25, 0.3) is 0 Å². The molecule has 1 fully saturated rings. The van der Waals surface area contributed by atoms with E-state index in [2.05, 4.69) is 38.7 Å². The maximum absolute atomic E-state index is 12.3. The predicted molar refractivity (Wildman–Crippen MR) is 92.8 cm³/mol. The topological polar surface area (TPSA) is 68.3 Å². The van der Waals surface area contributed by atoms with Crippen molar-refractivity contribution >= 4 is 38.6 Å².